The largest absolute Gasteiger partial charge is 0.449 e. The van der Waals surface area contributed by atoms with Gasteiger partial charge in [0.25, 0.3) is 5.91 Å². The van der Waals surface area contributed by atoms with Crippen molar-refractivity contribution in [3.8, 4) is 0 Å². The van der Waals surface area contributed by atoms with Crippen molar-refractivity contribution in [2.45, 2.75) is 13.0 Å². The zero-order chi connectivity index (χ0) is 14.7. The SMILES string of the molecule is C[C@H](OC(=O)/C=C/c1sc2ccccc2c1Cl)C(N)=O. The summed E-state index contributed by atoms with van der Waals surface area (Å²) in [6, 6.07) is 7.69. The number of fused-ring (bicyclic) bond motifs is 1. The maximum absolute atomic E-state index is 11.5. The molecule has 6 heteroatoms. The first-order valence-corrected chi connectivity index (χ1v) is 7.03. The molecule has 0 aliphatic carbocycles. The number of thiophene rings is 1. The normalized spacial score (nSPS) is 12.7. The molecular weight excluding hydrogens is 298 g/mol. The van der Waals surface area contributed by atoms with Crippen LogP contribution in [-0.2, 0) is 14.3 Å². The Morgan fingerprint density at radius 2 is 2.10 bits per heavy atom. The Hall–Kier alpha value is -1.85. The fraction of sp³-hybridized carbons (Fsp3) is 0.143. The van der Waals surface area contributed by atoms with Crippen molar-refractivity contribution < 1.29 is 14.3 Å². The van der Waals surface area contributed by atoms with Gasteiger partial charge in [-0.05, 0) is 19.1 Å². The first-order chi connectivity index (χ1) is 9.49. The molecule has 1 atom stereocenters. The number of ether oxygens (including phenoxy) is 1. The molecule has 0 fully saturated rings. The Bertz CT molecular complexity index is 693. The van der Waals surface area contributed by atoms with E-state index in [1.807, 2.05) is 24.3 Å². The summed E-state index contributed by atoms with van der Waals surface area (Å²) in [7, 11) is 0. The van der Waals surface area contributed by atoms with Crippen molar-refractivity contribution in [1.82, 2.24) is 0 Å². The van der Waals surface area contributed by atoms with E-state index in [9.17, 15) is 9.59 Å². The summed E-state index contributed by atoms with van der Waals surface area (Å²) in [5.74, 6) is -1.32. The molecule has 0 aliphatic heterocycles. The average molecular weight is 310 g/mol. The van der Waals surface area contributed by atoms with E-state index in [1.54, 1.807) is 6.08 Å². The standard InChI is InChI=1S/C14H12ClNO3S/c1-8(14(16)18)19-12(17)7-6-11-13(15)9-4-2-3-5-10(9)20-11/h2-8H,1H3,(H2,16,18)/b7-6+/t8-/m0/s1. The van der Waals surface area contributed by atoms with Gasteiger partial charge >= 0.3 is 5.97 Å². The number of halogens is 1. The minimum absolute atomic E-state index is 0.595. The van der Waals surface area contributed by atoms with E-state index in [0.717, 1.165) is 15.0 Å². The molecule has 1 aromatic heterocycles. The predicted molar refractivity (Wildman–Crippen MR) is 80.6 cm³/mol. The fourth-order valence-corrected chi connectivity index (χ4v) is 2.95. The van der Waals surface area contributed by atoms with E-state index < -0.39 is 18.0 Å². The summed E-state index contributed by atoms with van der Waals surface area (Å²) >= 11 is 7.70. The van der Waals surface area contributed by atoms with Gasteiger partial charge in [-0.15, -0.1) is 11.3 Å². The van der Waals surface area contributed by atoms with Crippen LogP contribution in [0.5, 0.6) is 0 Å². The van der Waals surface area contributed by atoms with Gasteiger partial charge < -0.3 is 10.5 Å². The molecule has 1 amide bonds. The third kappa shape index (κ3) is 3.18. The molecule has 0 radical (unpaired) electrons. The van der Waals surface area contributed by atoms with Crippen molar-refractivity contribution in [1.29, 1.82) is 0 Å². The molecule has 4 nitrogen and oxygen atoms in total. The molecule has 2 rings (SSSR count). The van der Waals surface area contributed by atoms with Crippen LogP contribution in [0.25, 0.3) is 16.2 Å². The summed E-state index contributed by atoms with van der Waals surface area (Å²) < 4.78 is 5.85. The van der Waals surface area contributed by atoms with Crippen LogP contribution in [0.1, 0.15) is 11.8 Å². The summed E-state index contributed by atoms with van der Waals surface area (Å²) in [5, 5.41) is 1.54. The van der Waals surface area contributed by atoms with Crippen molar-refractivity contribution >= 4 is 51.0 Å². The van der Waals surface area contributed by atoms with Crippen LogP contribution in [0.3, 0.4) is 0 Å². The number of primary amides is 1. The second-order valence-corrected chi connectivity index (χ2v) is 5.55. The molecule has 0 saturated heterocycles. The van der Waals surface area contributed by atoms with Crippen LogP contribution < -0.4 is 5.73 Å². The maximum atomic E-state index is 11.5. The summed E-state index contributed by atoms with van der Waals surface area (Å²) in [5.41, 5.74) is 5.01. The lowest BCUT2D eigenvalue weighted by molar-refractivity contribution is -0.148. The average Bonchev–Trinajstić information content (AvgIpc) is 2.73. The highest BCUT2D eigenvalue weighted by atomic mass is 35.5. The van der Waals surface area contributed by atoms with Gasteiger partial charge in [0.15, 0.2) is 6.10 Å². The third-order valence-electron chi connectivity index (χ3n) is 2.62. The van der Waals surface area contributed by atoms with Crippen LogP contribution in [0.2, 0.25) is 5.02 Å². The summed E-state index contributed by atoms with van der Waals surface area (Å²) in [6.45, 7) is 1.42. The van der Waals surface area contributed by atoms with E-state index >= 15 is 0 Å². The highest BCUT2D eigenvalue weighted by Gasteiger charge is 2.13. The zero-order valence-corrected chi connectivity index (χ0v) is 12.2. The number of amides is 1. The highest BCUT2D eigenvalue weighted by Crippen LogP contribution is 2.35. The monoisotopic (exact) mass is 309 g/mol. The van der Waals surface area contributed by atoms with Crippen LogP contribution in [-0.4, -0.2) is 18.0 Å². The third-order valence-corrected chi connectivity index (χ3v) is 4.28. The van der Waals surface area contributed by atoms with E-state index in [1.165, 1.54) is 24.3 Å². The number of hydrogen-bond acceptors (Lipinski definition) is 4. The number of carbonyl (C=O) groups excluding carboxylic acids is 2. The molecule has 2 aromatic rings. The molecule has 20 heavy (non-hydrogen) atoms. The second kappa shape index (κ2) is 6.07. The number of rotatable bonds is 4. The first-order valence-electron chi connectivity index (χ1n) is 5.84. The Morgan fingerprint density at radius 3 is 2.75 bits per heavy atom. The number of esters is 1. The Kier molecular flexibility index (Phi) is 4.42. The Balaban J connectivity index is 2.15. The van der Waals surface area contributed by atoms with Gasteiger partial charge in [0.2, 0.25) is 0 Å². The lowest BCUT2D eigenvalue weighted by Gasteiger charge is -2.06. The summed E-state index contributed by atoms with van der Waals surface area (Å²) in [4.78, 5) is 23.0. The quantitative estimate of drug-likeness (QED) is 0.697. The van der Waals surface area contributed by atoms with E-state index in [2.05, 4.69) is 0 Å². The molecule has 2 N–H and O–H groups in total. The van der Waals surface area contributed by atoms with Crippen molar-refractivity contribution in [2.24, 2.45) is 5.73 Å². The maximum Gasteiger partial charge on any atom is 0.331 e. The lowest BCUT2D eigenvalue weighted by Crippen LogP contribution is -2.29. The second-order valence-electron chi connectivity index (χ2n) is 4.09. The van der Waals surface area contributed by atoms with Crippen LogP contribution in [0.15, 0.2) is 30.3 Å². The molecule has 1 heterocycles. The molecule has 0 bridgehead atoms. The van der Waals surface area contributed by atoms with Crippen molar-refractivity contribution in [3.63, 3.8) is 0 Å². The van der Waals surface area contributed by atoms with Gasteiger partial charge in [-0.3, -0.25) is 4.79 Å². The van der Waals surface area contributed by atoms with E-state index in [4.69, 9.17) is 22.1 Å². The molecule has 0 spiro atoms. The van der Waals surface area contributed by atoms with Gasteiger partial charge in [0, 0.05) is 21.0 Å². The lowest BCUT2D eigenvalue weighted by atomic mass is 10.2. The highest BCUT2D eigenvalue weighted by molar-refractivity contribution is 7.20. The molecule has 1 aromatic carbocycles. The summed E-state index contributed by atoms with van der Waals surface area (Å²) in [6.07, 6.45) is 1.85. The molecule has 0 aliphatic rings. The number of benzene rings is 1. The number of nitrogens with two attached hydrogens (primary N) is 1. The predicted octanol–water partition coefficient (Wildman–Crippen LogP) is 2.98. The molecule has 0 saturated carbocycles. The van der Waals surface area contributed by atoms with E-state index in [0.29, 0.717) is 5.02 Å². The van der Waals surface area contributed by atoms with Gasteiger partial charge in [-0.25, -0.2) is 4.79 Å². The molecular formula is C14H12ClNO3S. The van der Waals surface area contributed by atoms with Gasteiger partial charge in [-0.1, -0.05) is 29.8 Å². The van der Waals surface area contributed by atoms with Crippen LogP contribution >= 0.6 is 22.9 Å². The Morgan fingerprint density at radius 1 is 1.40 bits per heavy atom. The number of carbonyl (C=O) groups is 2. The minimum atomic E-state index is -0.954. The first kappa shape index (κ1) is 14.6. The number of hydrogen-bond donors (Lipinski definition) is 1. The Labute approximate surface area is 124 Å². The topological polar surface area (TPSA) is 69.4 Å². The molecule has 104 valence electrons. The van der Waals surface area contributed by atoms with Gasteiger partial charge in [-0.2, -0.15) is 0 Å². The molecule has 0 unspecified atom stereocenters. The minimum Gasteiger partial charge on any atom is -0.449 e. The zero-order valence-electron chi connectivity index (χ0n) is 10.6. The van der Waals surface area contributed by atoms with Crippen LogP contribution in [0.4, 0.5) is 0 Å². The van der Waals surface area contributed by atoms with Crippen LogP contribution in [0, 0.1) is 0 Å². The van der Waals surface area contributed by atoms with E-state index in [-0.39, 0.29) is 0 Å². The van der Waals surface area contributed by atoms with Gasteiger partial charge in [0.1, 0.15) is 0 Å². The van der Waals surface area contributed by atoms with Gasteiger partial charge in [0.05, 0.1) is 5.02 Å². The fourth-order valence-electron chi connectivity index (χ4n) is 1.56. The van der Waals surface area contributed by atoms with Crippen molar-refractivity contribution in [3.05, 3.63) is 40.2 Å². The smallest absolute Gasteiger partial charge is 0.331 e. The van der Waals surface area contributed by atoms with Crippen molar-refractivity contribution in [2.75, 3.05) is 0 Å².